The fraction of sp³-hybridized carbons (Fsp3) is 0.571. The van der Waals surface area contributed by atoms with Crippen LogP contribution in [0.15, 0.2) is 30.3 Å². The van der Waals surface area contributed by atoms with E-state index in [-0.39, 0.29) is 0 Å². The Morgan fingerprint density at radius 3 is 2.12 bits per heavy atom. The second-order valence-corrected chi connectivity index (χ2v) is 5.21. The van der Waals surface area contributed by atoms with Gasteiger partial charge in [0.05, 0.1) is 0 Å². The summed E-state index contributed by atoms with van der Waals surface area (Å²) in [5.41, 5.74) is 1.38. The van der Waals surface area contributed by atoms with Gasteiger partial charge in [0, 0.05) is 11.8 Å². The van der Waals surface area contributed by atoms with Crippen LogP contribution in [0.5, 0.6) is 0 Å². The molecule has 0 fully saturated rings. The Morgan fingerprint density at radius 2 is 1.62 bits per heavy atom. The van der Waals surface area contributed by atoms with E-state index in [9.17, 15) is 0 Å². The third-order valence-corrected chi connectivity index (χ3v) is 3.92. The quantitative estimate of drug-likeness (QED) is 0.637. The molecule has 0 nitrogen and oxygen atoms in total. The SMILES string of the molecule is CC(CCl)C(c1ccccc1)C(C)CCCl. The summed E-state index contributed by atoms with van der Waals surface area (Å²) in [5, 5.41) is 0. The van der Waals surface area contributed by atoms with Crippen molar-refractivity contribution in [3.05, 3.63) is 35.9 Å². The van der Waals surface area contributed by atoms with E-state index >= 15 is 0 Å². The van der Waals surface area contributed by atoms with Gasteiger partial charge >= 0.3 is 0 Å². The fourth-order valence-electron chi connectivity index (χ4n) is 2.34. The molecule has 0 heterocycles. The van der Waals surface area contributed by atoms with Crippen molar-refractivity contribution in [2.24, 2.45) is 11.8 Å². The molecule has 0 bridgehead atoms. The van der Waals surface area contributed by atoms with Crippen molar-refractivity contribution in [1.29, 1.82) is 0 Å². The lowest BCUT2D eigenvalue weighted by Gasteiger charge is -2.28. The maximum atomic E-state index is 6.01. The van der Waals surface area contributed by atoms with Gasteiger partial charge < -0.3 is 0 Å². The number of hydrogen-bond acceptors (Lipinski definition) is 0. The van der Waals surface area contributed by atoms with Crippen molar-refractivity contribution < 1.29 is 0 Å². The third-order valence-electron chi connectivity index (χ3n) is 3.22. The molecule has 1 aromatic rings. The van der Waals surface area contributed by atoms with Crippen LogP contribution in [0.1, 0.15) is 31.7 Å². The van der Waals surface area contributed by atoms with Crippen LogP contribution in [0.4, 0.5) is 0 Å². The first-order valence-corrected chi connectivity index (χ1v) is 6.94. The molecule has 0 spiro atoms. The van der Waals surface area contributed by atoms with Gasteiger partial charge in [-0.15, -0.1) is 23.2 Å². The summed E-state index contributed by atoms with van der Waals surface area (Å²) in [6, 6.07) is 10.6. The average molecular weight is 259 g/mol. The standard InChI is InChI=1S/C14H20Cl2/c1-11(8-9-15)14(12(2)10-16)13-6-4-3-5-7-13/h3-7,11-12,14H,8-10H2,1-2H3. The molecule has 1 rings (SSSR count). The molecule has 0 saturated heterocycles. The van der Waals surface area contributed by atoms with E-state index in [1.807, 2.05) is 0 Å². The van der Waals surface area contributed by atoms with Gasteiger partial charge in [-0.2, -0.15) is 0 Å². The van der Waals surface area contributed by atoms with Crippen molar-refractivity contribution in [3.8, 4) is 0 Å². The highest BCUT2D eigenvalue weighted by Gasteiger charge is 2.24. The monoisotopic (exact) mass is 258 g/mol. The summed E-state index contributed by atoms with van der Waals surface area (Å²) >= 11 is 11.9. The Hall–Kier alpha value is -0.200. The van der Waals surface area contributed by atoms with Crippen LogP contribution in [0, 0.1) is 11.8 Å². The highest BCUT2D eigenvalue weighted by atomic mass is 35.5. The van der Waals surface area contributed by atoms with Gasteiger partial charge in [0.15, 0.2) is 0 Å². The van der Waals surface area contributed by atoms with E-state index in [0.29, 0.717) is 23.6 Å². The second-order valence-electron chi connectivity index (χ2n) is 4.52. The lowest BCUT2D eigenvalue weighted by molar-refractivity contribution is 0.360. The fourth-order valence-corrected chi connectivity index (χ4v) is 2.88. The second kappa shape index (κ2) is 7.19. The Balaban J connectivity index is 2.87. The Bertz CT molecular complexity index is 284. The number of halogens is 2. The molecule has 16 heavy (non-hydrogen) atoms. The average Bonchev–Trinajstić information content (AvgIpc) is 2.31. The molecule has 90 valence electrons. The molecular weight excluding hydrogens is 239 g/mol. The molecule has 0 aliphatic carbocycles. The molecule has 3 atom stereocenters. The summed E-state index contributed by atoms with van der Waals surface area (Å²) in [7, 11) is 0. The summed E-state index contributed by atoms with van der Waals surface area (Å²) in [5.74, 6) is 3.00. The molecule has 1 aromatic carbocycles. The molecule has 0 radical (unpaired) electrons. The molecule has 0 aliphatic heterocycles. The summed E-state index contributed by atoms with van der Waals surface area (Å²) in [6.07, 6.45) is 1.04. The third kappa shape index (κ3) is 3.68. The number of benzene rings is 1. The molecule has 0 N–H and O–H groups in total. The van der Waals surface area contributed by atoms with Crippen molar-refractivity contribution in [3.63, 3.8) is 0 Å². The Kier molecular flexibility index (Phi) is 6.23. The van der Waals surface area contributed by atoms with Gasteiger partial charge in [0.2, 0.25) is 0 Å². The lowest BCUT2D eigenvalue weighted by atomic mass is 9.78. The molecule has 0 aromatic heterocycles. The summed E-state index contributed by atoms with van der Waals surface area (Å²) in [6.45, 7) is 4.48. The first-order valence-electron chi connectivity index (χ1n) is 5.87. The molecule has 0 aliphatic rings. The van der Waals surface area contributed by atoms with E-state index in [1.54, 1.807) is 0 Å². The van der Waals surface area contributed by atoms with E-state index in [0.717, 1.165) is 12.3 Å². The minimum atomic E-state index is 0.488. The smallest absolute Gasteiger partial charge is 0.0255 e. The van der Waals surface area contributed by atoms with Gasteiger partial charge in [0.1, 0.15) is 0 Å². The van der Waals surface area contributed by atoms with Crippen LogP contribution in [0.2, 0.25) is 0 Å². The lowest BCUT2D eigenvalue weighted by Crippen LogP contribution is -2.19. The zero-order chi connectivity index (χ0) is 12.0. The molecular formula is C14H20Cl2. The predicted octanol–water partition coefficient (Wildman–Crippen LogP) is 4.91. The minimum Gasteiger partial charge on any atom is -0.127 e. The number of hydrogen-bond donors (Lipinski definition) is 0. The minimum absolute atomic E-state index is 0.488. The molecule has 0 amide bonds. The predicted molar refractivity (Wildman–Crippen MR) is 73.6 cm³/mol. The van der Waals surface area contributed by atoms with E-state index in [4.69, 9.17) is 23.2 Å². The van der Waals surface area contributed by atoms with Crippen LogP contribution in [0.25, 0.3) is 0 Å². The Labute approximate surface area is 109 Å². The first-order chi connectivity index (χ1) is 7.70. The largest absolute Gasteiger partial charge is 0.127 e. The van der Waals surface area contributed by atoms with Crippen LogP contribution < -0.4 is 0 Å². The highest BCUT2D eigenvalue weighted by molar-refractivity contribution is 6.18. The van der Waals surface area contributed by atoms with Gasteiger partial charge in [-0.3, -0.25) is 0 Å². The number of rotatable bonds is 6. The van der Waals surface area contributed by atoms with Crippen molar-refractivity contribution in [2.45, 2.75) is 26.2 Å². The summed E-state index contributed by atoms with van der Waals surface area (Å²) in [4.78, 5) is 0. The summed E-state index contributed by atoms with van der Waals surface area (Å²) < 4.78 is 0. The normalized spacial score (nSPS) is 16.8. The van der Waals surface area contributed by atoms with Crippen LogP contribution in [-0.4, -0.2) is 11.8 Å². The maximum absolute atomic E-state index is 6.01. The van der Waals surface area contributed by atoms with E-state index < -0.39 is 0 Å². The van der Waals surface area contributed by atoms with Crippen molar-refractivity contribution in [1.82, 2.24) is 0 Å². The van der Waals surface area contributed by atoms with Gasteiger partial charge in [-0.1, -0.05) is 44.2 Å². The number of alkyl halides is 2. The maximum Gasteiger partial charge on any atom is 0.0255 e. The molecule has 0 saturated carbocycles. The highest BCUT2D eigenvalue weighted by Crippen LogP contribution is 2.34. The van der Waals surface area contributed by atoms with Crippen molar-refractivity contribution in [2.75, 3.05) is 11.8 Å². The van der Waals surface area contributed by atoms with Crippen molar-refractivity contribution >= 4 is 23.2 Å². The molecule has 3 unspecified atom stereocenters. The topological polar surface area (TPSA) is 0 Å². The van der Waals surface area contributed by atoms with Gasteiger partial charge in [-0.25, -0.2) is 0 Å². The first kappa shape index (κ1) is 13.9. The van der Waals surface area contributed by atoms with Gasteiger partial charge in [0.25, 0.3) is 0 Å². The molecule has 2 heteroatoms. The Morgan fingerprint density at radius 1 is 1.00 bits per heavy atom. The van der Waals surface area contributed by atoms with Crippen LogP contribution in [-0.2, 0) is 0 Å². The zero-order valence-corrected chi connectivity index (χ0v) is 11.5. The zero-order valence-electron chi connectivity index (χ0n) is 10.00. The van der Waals surface area contributed by atoms with E-state index in [1.165, 1.54) is 5.56 Å². The van der Waals surface area contributed by atoms with E-state index in [2.05, 4.69) is 44.2 Å². The van der Waals surface area contributed by atoms with Crippen LogP contribution >= 0.6 is 23.2 Å². The van der Waals surface area contributed by atoms with Crippen LogP contribution in [0.3, 0.4) is 0 Å². The van der Waals surface area contributed by atoms with Gasteiger partial charge in [-0.05, 0) is 29.7 Å².